The zero-order valence-electron chi connectivity index (χ0n) is 18.8. The summed E-state index contributed by atoms with van der Waals surface area (Å²) in [6, 6.07) is 0. The van der Waals surface area contributed by atoms with Crippen molar-refractivity contribution < 1.29 is 19.3 Å². The third kappa shape index (κ3) is 2.04. The summed E-state index contributed by atoms with van der Waals surface area (Å²) in [5.74, 6) is 2.09. The Bertz CT molecular complexity index is 808. The fourth-order valence-electron chi connectivity index (χ4n) is 10.4. The number of allylic oxidation sites excluding steroid dienone is 1. The van der Waals surface area contributed by atoms with Crippen LogP contribution in [0, 0.1) is 29.1 Å². The van der Waals surface area contributed by atoms with Gasteiger partial charge in [-0.2, -0.15) is 0 Å². The van der Waals surface area contributed by atoms with E-state index >= 15 is 0 Å². The van der Waals surface area contributed by atoms with Gasteiger partial charge in [0.1, 0.15) is 0 Å². The van der Waals surface area contributed by atoms with Crippen LogP contribution in [0.25, 0.3) is 0 Å². The molecule has 166 valence electrons. The lowest BCUT2D eigenvalue weighted by Gasteiger charge is -2.72. The maximum absolute atomic E-state index is 12.2. The van der Waals surface area contributed by atoms with E-state index in [1.165, 1.54) is 24.6 Å². The quantitative estimate of drug-likeness (QED) is 0.447. The Morgan fingerprint density at radius 1 is 1.03 bits per heavy atom. The van der Waals surface area contributed by atoms with Gasteiger partial charge in [-0.1, -0.05) is 26.5 Å². The van der Waals surface area contributed by atoms with E-state index in [0.717, 1.165) is 57.8 Å². The molecule has 4 aliphatic carbocycles. The Hall–Kier alpha value is 0.01000. The predicted molar refractivity (Wildman–Crippen MR) is 117 cm³/mol. The molecule has 3 aliphatic heterocycles. The number of fused-ring (bicyclic) bond motifs is 6. The van der Waals surface area contributed by atoms with Crippen molar-refractivity contribution in [1.29, 1.82) is 0 Å². The Kier molecular flexibility index (Phi) is 3.72. The molecule has 0 bridgehead atoms. The van der Waals surface area contributed by atoms with Crippen molar-refractivity contribution in [3.8, 4) is 0 Å². The van der Waals surface area contributed by atoms with Gasteiger partial charge in [0.2, 0.25) is 0 Å². The molecule has 1 N–H and O–H groups in total. The Labute approximate surface area is 181 Å². The van der Waals surface area contributed by atoms with Gasteiger partial charge in [-0.25, -0.2) is 0 Å². The number of rotatable bonds is 0. The maximum atomic E-state index is 12.2. The summed E-state index contributed by atoms with van der Waals surface area (Å²) in [5.41, 5.74) is 1.00. The van der Waals surface area contributed by atoms with Gasteiger partial charge in [0.25, 0.3) is 0 Å². The Balaban J connectivity index is 1.29. The van der Waals surface area contributed by atoms with Crippen LogP contribution in [0.4, 0.5) is 0 Å². The molecule has 0 radical (unpaired) electrons. The molecule has 2 spiro atoms. The second-order valence-corrected chi connectivity index (χ2v) is 15.1. The van der Waals surface area contributed by atoms with Gasteiger partial charge in [-0.3, -0.25) is 0 Å². The summed E-state index contributed by atoms with van der Waals surface area (Å²) in [5, 5.41) is 12.7. The fourth-order valence-corrected chi connectivity index (χ4v) is 15.1. The lowest BCUT2D eigenvalue weighted by atomic mass is 9.45. The molecular formula is C25H37O4P. The first kappa shape index (κ1) is 19.5. The van der Waals surface area contributed by atoms with E-state index in [2.05, 4.69) is 26.8 Å². The number of hydrogen-bond donors (Lipinski definition) is 1. The van der Waals surface area contributed by atoms with Gasteiger partial charge in [0.15, 0.2) is 5.79 Å². The van der Waals surface area contributed by atoms with Gasteiger partial charge in [0.05, 0.1) is 30.8 Å². The summed E-state index contributed by atoms with van der Waals surface area (Å²) in [4.78, 5) is 0. The molecule has 0 aromatic carbocycles. The van der Waals surface area contributed by atoms with Crippen molar-refractivity contribution >= 4 is 7.92 Å². The third-order valence-electron chi connectivity index (χ3n) is 11.0. The molecule has 3 saturated heterocycles. The molecule has 30 heavy (non-hydrogen) atoms. The SMILES string of the molecule is CC1(O)CC23C(CCC2C2(C)OCCP23)C2CC=C3CC4(CCC3(C)C21)OCCO4. The van der Waals surface area contributed by atoms with Gasteiger partial charge in [-0.15, -0.1) is 0 Å². The van der Waals surface area contributed by atoms with E-state index in [1.54, 1.807) is 0 Å². The van der Waals surface area contributed by atoms with Crippen LogP contribution >= 0.6 is 7.92 Å². The third-order valence-corrected chi connectivity index (χ3v) is 15.0. The molecule has 3 saturated carbocycles. The summed E-state index contributed by atoms with van der Waals surface area (Å²) in [6.45, 7) is 9.48. The zero-order chi connectivity index (χ0) is 20.6. The van der Waals surface area contributed by atoms with Crippen molar-refractivity contribution in [2.24, 2.45) is 29.1 Å². The molecule has 9 atom stereocenters. The monoisotopic (exact) mass is 432 g/mol. The molecule has 4 nitrogen and oxygen atoms in total. The first-order valence-corrected chi connectivity index (χ1v) is 13.9. The molecule has 0 aromatic rings. The normalized spacial score (nSPS) is 60.1. The molecule has 7 rings (SSSR count). The van der Waals surface area contributed by atoms with Crippen LogP contribution in [0.15, 0.2) is 11.6 Å². The lowest BCUT2D eigenvalue weighted by molar-refractivity contribution is -0.203. The topological polar surface area (TPSA) is 47.9 Å². The molecule has 6 fully saturated rings. The largest absolute Gasteiger partial charge is 0.390 e. The maximum Gasteiger partial charge on any atom is 0.172 e. The van der Waals surface area contributed by atoms with Gasteiger partial charge < -0.3 is 19.3 Å². The van der Waals surface area contributed by atoms with Crippen LogP contribution in [0.2, 0.25) is 0 Å². The molecule has 5 heteroatoms. The molecule has 3 heterocycles. The van der Waals surface area contributed by atoms with E-state index in [4.69, 9.17) is 14.2 Å². The number of hydrogen-bond acceptors (Lipinski definition) is 4. The van der Waals surface area contributed by atoms with Crippen LogP contribution < -0.4 is 0 Å². The van der Waals surface area contributed by atoms with Crippen LogP contribution in [-0.4, -0.2) is 53.0 Å². The summed E-state index contributed by atoms with van der Waals surface area (Å²) >= 11 is 0. The van der Waals surface area contributed by atoms with E-state index in [-0.39, 0.29) is 24.5 Å². The second kappa shape index (κ2) is 5.73. The highest BCUT2D eigenvalue weighted by molar-refractivity contribution is 7.63. The first-order valence-electron chi connectivity index (χ1n) is 12.4. The van der Waals surface area contributed by atoms with Crippen LogP contribution in [-0.2, 0) is 14.2 Å². The molecule has 0 aromatic heterocycles. The summed E-state index contributed by atoms with van der Waals surface area (Å²) in [7, 11) is -0.128. The zero-order valence-corrected chi connectivity index (χ0v) is 19.7. The first-order chi connectivity index (χ1) is 14.3. The predicted octanol–water partition coefficient (Wildman–Crippen LogP) is 4.64. The number of aliphatic hydroxyl groups is 1. The van der Waals surface area contributed by atoms with Crippen LogP contribution in [0.3, 0.4) is 0 Å². The Morgan fingerprint density at radius 3 is 2.63 bits per heavy atom. The van der Waals surface area contributed by atoms with E-state index < -0.39 is 5.60 Å². The van der Waals surface area contributed by atoms with Gasteiger partial charge in [0, 0.05) is 23.9 Å². The summed E-state index contributed by atoms with van der Waals surface area (Å²) < 4.78 is 18.6. The molecule has 9 unspecified atom stereocenters. The van der Waals surface area contributed by atoms with Gasteiger partial charge in [-0.05, 0) is 75.3 Å². The minimum Gasteiger partial charge on any atom is -0.390 e. The van der Waals surface area contributed by atoms with Crippen molar-refractivity contribution in [1.82, 2.24) is 0 Å². The molecule has 0 amide bonds. The standard InChI is InChI=1S/C25H37O4P/c1-21-8-9-24(28-10-11-29-24)14-16(21)4-5-17-18-6-7-19-23(3)27-12-13-30(23)25(18,19)15-22(2,26)20(17)21/h4,17-20,26H,5-15H2,1-3H3. The van der Waals surface area contributed by atoms with Crippen molar-refractivity contribution in [2.75, 3.05) is 26.0 Å². The van der Waals surface area contributed by atoms with Crippen LogP contribution in [0.1, 0.15) is 65.7 Å². The molecular weight excluding hydrogens is 395 g/mol. The van der Waals surface area contributed by atoms with Crippen LogP contribution in [0.5, 0.6) is 0 Å². The molecule has 7 aliphatic rings. The van der Waals surface area contributed by atoms with Crippen molar-refractivity contribution in [3.63, 3.8) is 0 Å². The Morgan fingerprint density at radius 2 is 1.83 bits per heavy atom. The van der Waals surface area contributed by atoms with Crippen molar-refractivity contribution in [2.45, 2.75) is 87.6 Å². The van der Waals surface area contributed by atoms with Gasteiger partial charge >= 0.3 is 0 Å². The minimum absolute atomic E-state index is 0.0825. The van der Waals surface area contributed by atoms with E-state index in [1.807, 2.05) is 0 Å². The van der Waals surface area contributed by atoms with E-state index in [9.17, 15) is 5.11 Å². The highest BCUT2D eigenvalue weighted by atomic mass is 31.1. The highest BCUT2D eigenvalue weighted by Crippen LogP contribution is 2.89. The highest BCUT2D eigenvalue weighted by Gasteiger charge is 2.80. The average molecular weight is 433 g/mol. The average Bonchev–Trinajstić information content (AvgIpc) is 3.37. The minimum atomic E-state index is -0.591. The second-order valence-electron chi connectivity index (χ2n) is 12.1. The van der Waals surface area contributed by atoms with Crippen molar-refractivity contribution in [3.05, 3.63) is 11.6 Å². The summed E-state index contributed by atoms with van der Waals surface area (Å²) in [6.07, 6.45) is 11.6. The fraction of sp³-hybridized carbons (Fsp3) is 0.920. The lowest BCUT2D eigenvalue weighted by Crippen LogP contribution is -2.70. The van der Waals surface area contributed by atoms with E-state index in [0.29, 0.717) is 22.9 Å². The number of ether oxygens (including phenoxy) is 3. The smallest absolute Gasteiger partial charge is 0.172 e.